The van der Waals surface area contributed by atoms with Crippen molar-refractivity contribution < 1.29 is 9.90 Å². The Morgan fingerprint density at radius 1 is 0.943 bits per heavy atom. The average molecular weight is 506 g/mol. The van der Waals surface area contributed by atoms with Crippen LogP contribution in [-0.4, -0.2) is 38.6 Å². The van der Waals surface area contributed by atoms with E-state index < -0.39 is 0 Å². The molecule has 1 fully saturated rings. The second-order valence-electron chi connectivity index (χ2n) is 8.84. The number of likely N-dealkylation sites (tertiary alicyclic amines) is 1. The van der Waals surface area contributed by atoms with Crippen LogP contribution in [0.15, 0.2) is 79.1 Å². The van der Waals surface area contributed by atoms with E-state index in [0.29, 0.717) is 35.2 Å². The second kappa shape index (κ2) is 10.1. The van der Waals surface area contributed by atoms with E-state index in [9.17, 15) is 9.90 Å². The lowest BCUT2D eigenvalue weighted by molar-refractivity contribution is 0.0710. The first-order chi connectivity index (χ1) is 17.0. The van der Waals surface area contributed by atoms with Crippen molar-refractivity contribution in [1.29, 1.82) is 0 Å². The van der Waals surface area contributed by atoms with E-state index >= 15 is 0 Å². The van der Waals surface area contributed by atoms with Gasteiger partial charge in [0.1, 0.15) is 11.6 Å². The Morgan fingerprint density at radius 2 is 1.60 bits per heavy atom. The van der Waals surface area contributed by atoms with Gasteiger partial charge in [-0.05, 0) is 72.0 Å². The number of halogens is 2. The van der Waals surface area contributed by atoms with Crippen LogP contribution in [0.2, 0.25) is 10.0 Å². The number of aromatic nitrogens is 2. The topological polar surface area (TPSA) is 58.4 Å². The van der Waals surface area contributed by atoms with E-state index in [1.807, 2.05) is 65.8 Å². The lowest BCUT2D eigenvalue weighted by atomic mass is 9.95. The number of nitrogens with zero attached hydrogens (tertiary/aromatic N) is 3. The zero-order chi connectivity index (χ0) is 24.4. The zero-order valence-corrected chi connectivity index (χ0v) is 20.6. The van der Waals surface area contributed by atoms with Gasteiger partial charge in [-0.1, -0.05) is 47.5 Å². The third-order valence-electron chi connectivity index (χ3n) is 6.58. The van der Waals surface area contributed by atoms with E-state index in [4.69, 9.17) is 23.2 Å². The molecule has 178 valence electrons. The summed E-state index contributed by atoms with van der Waals surface area (Å²) in [7, 11) is 0. The number of benzene rings is 3. The van der Waals surface area contributed by atoms with Gasteiger partial charge in [0.2, 0.25) is 0 Å². The number of imidazole rings is 1. The molecule has 1 aliphatic rings. The first kappa shape index (κ1) is 23.5. The van der Waals surface area contributed by atoms with Crippen LogP contribution in [0.25, 0.3) is 11.1 Å². The van der Waals surface area contributed by atoms with Gasteiger partial charge in [0, 0.05) is 47.0 Å². The molecular formula is C28H25Cl2N3O2. The summed E-state index contributed by atoms with van der Waals surface area (Å²) in [6.45, 7) is 1.99. The Balaban J connectivity index is 1.22. The van der Waals surface area contributed by atoms with E-state index in [1.165, 1.54) is 0 Å². The molecular weight excluding hydrogens is 481 g/mol. The van der Waals surface area contributed by atoms with Gasteiger partial charge < -0.3 is 14.6 Å². The molecule has 0 radical (unpaired) electrons. The number of amides is 1. The van der Waals surface area contributed by atoms with Crippen molar-refractivity contribution in [3.63, 3.8) is 0 Å². The van der Waals surface area contributed by atoms with Crippen molar-refractivity contribution in [3.05, 3.63) is 106 Å². The van der Waals surface area contributed by atoms with Crippen LogP contribution >= 0.6 is 23.2 Å². The predicted molar refractivity (Wildman–Crippen MR) is 139 cm³/mol. The number of phenols is 1. The van der Waals surface area contributed by atoms with Crippen LogP contribution < -0.4 is 0 Å². The van der Waals surface area contributed by atoms with Crippen LogP contribution in [0, 0.1) is 0 Å². The fourth-order valence-corrected chi connectivity index (χ4v) is 5.02. The summed E-state index contributed by atoms with van der Waals surface area (Å²) in [6, 6.07) is 20.2. The maximum atomic E-state index is 13.1. The lowest BCUT2D eigenvalue weighted by Gasteiger charge is -2.32. The minimum absolute atomic E-state index is 0.0507. The van der Waals surface area contributed by atoms with E-state index in [-0.39, 0.29) is 17.6 Å². The van der Waals surface area contributed by atoms with Gasteiger partial charge in [-0.15, -0.1) is 0 Å². The summed E-state index contributed by atoms with van der Waals surface area (Å²) >= 11 is 12.5. The van der Waals surface area contributed by atoms with Crippen molar-refractivity contribution in [2.45, 2.75) is 25.3 Å². The largest absolute Gasteiger partial charge is 0.508 e. The first-order valence-electron chi connectivity index (χ1n) is 11.6. The van der Waals surface area contributed by atoms with E-state index in [1.54, 1.807) is 18.2 Å². The summed E-state index contributed by atoms with van der Waals surface area (Å²) in [5, 5.41) is 10.8. The SMILES string of the molecule is O=C(c1ccc(-c2ccc(O)cc2)cc1)N1CCC(c2nccn2Cc2cc(Cl)ccc2Cl)CC1. The Kier molecular flexibility index (Phi) is 6.80. The Morgan fingerprint density at radius 3 is 2.29 bits per heavy atom. The minimum atomic E-state index is 0.0507. The number of phenolic OH excluding ortho intramolecular Hbond substituents is 1. The standard InChI is InChI=1S/C28H25Cl2N3O2/c29-24-7-10-26(30)23(17-24)18-33-16-13-31-27(33)21-11-14-32(15-12-21)28(35)22-3-1-19(2-4-22)20-5-8-25(34)9-6-20/h1-10,13,16-17,21,34H,11-12,14-15,18H2. The Labute approximate surface area is 214 Å². The predicted octanol–water partition coefficient (Wildman–Crippen LogP) is 6.63. The molecule has 1 aromatic heterocycles. The maximum absolute atomic E-state index is 13.1. The highest BCUT2D eigenvalue weighted by Crippen LogP contribution is 2.30. The summed E-state index contributed by atoms with van der Waals surface area (Å²) < 4.78 is 2.13. The molecule has 1 amide bonds. The molecule has 0 aliphatic carbocycles. The molecule has 0 bridgehead atoms. The van der Waals surface area contributed by atoms with Crippen molar-refractivity contribution in [2.24, 2.45) is 0 Å². The maximum Gasteiger partial charge on any atom is 0.253 e. The van der Waals surface area contributed by atoms with Gasteiger partial charge in [-0.25, -0.2) is 4.98 Å². The van der Waals surface area contributed by atoms with E-state index in [2.05, 4.69) is 9.55 Å². The molecule has 5 nitrogen and oxygen atoms in total. The van der Waals surface area contributed by atoms with Crippen molar-refractivity contribution in [1.82, 2.24) is 14.5 Å². The number of carbonyl (C=O) groups is 1. The normalized spacial score (nSPS) is 14.3. The van der Waals surface area contributed by atoms with Gasteiger partial charge in [-0.2, -0.15) is 0 Å². The van der Waals surface area contributed by atoms with E-state index in [0.717, 1.165) is 35.4 Å². The van der Waals surface area contributed by atoms with Crippen LogP contribution in [0.4, 0.5) is 0 Å². The zero-order valence-electron chi connectivity index (χ0n) is 19.1. The Bertz CT molecular complexity index is 1330. The number of aromatic hydroxyl groups is 1. The molecule has 35 heavy (non-hydrogen) atoms. The smallest absolute Gasteiger partial charge is 0.253 e. The van der Waals surface area contributed by atoms with Crippen LogP contribution in [0.5, 0.6) is 5.75 Å². The van der Waals surface area contributed by atoms with Gasteiger partial charge in [0.05, 0.1) is 6.54 Å². The monoisotopic (exact) mass is 505 g/mol. The number of piperidine rings is 1. The highest BCUT2D eigenvalue weighted by Gasteiger charge is 2.27. The van der Waals surface area contributed by atoms with Crippen LogP contribution in [-0.2, 0) is 6.54 Å². The quantitative estimate of drug-likeness (QED) is 0.331. The van der Waals surface area contributed by atoms with Crippen LogP contribution in [0.1, 0.15) is 40.5 Å². The second-order valence-corrected chi connectivity index (χ2v) is 9.68. The van der Waals surface area contributed by atoms with Gasteiger partial charge >= 0.3 is 0 Å². The summed E-state index contributed by atoms with van der Waals surface area (Å²) in [5.41, 5.74) is 3.65. The fraction of sp³-hybridized carbons (Fsp3) is 0.214. The molecule has 7 heteroatoms. The third kappa shape index (κ3) is 5.21. The fourth-order valence-electron chi connectivity index (χ4n) is 4.64. The Hall–Kier alpha value is -3.28. The highest BCUT2D eigenvalue weighted by atomic mass is 35.5. The number of hydrogen-bond donors (Lipinski definition) is 1. The molecule has 1 N–H and O–H groups in total. The molecule has 1 saturated heterocycles. The van der Waals surface area contributed by atoms with Gasteiger partial charge in [0.25, 0.3) is 5.91 Å². The molecule has 4 aromatic rings. The van der Waals surface area contributed by atoms with Crippen molar-refractivity contribution >= 4 is 29.1 Å². The average Bonchev–Trinajstić information content (AvgIpc) is 3.35. The number of rotatable bonds is 5. The molecule has 0 atom stereocenters. The molecule has 0 spiro atoms. The summed E-state index contributed by atoms with van der Waals surface area (Å²) in [6.07, 6.45) is 5.51. The van der Waals surface area contributed by atoms with Crippen LogP contribution in [0.3, 0.4) is 0 Å². The summed E-state index contributed by atoms with van der Waals surface area (Å²) in [4.78, 5) is 19.7. The third-order valence-corrected chi connectivity index (χ3v) is 7.18. The van der Waals surface area contributed by atoms with Crippen molar-refractivity contribution in [2.75, 3.05) is 13.1 Å². The molecule has 0 unspecified atom stereocenters. The molecule has 0 saturated carbocycles. The molecule has 2 heterocycles. The first-order valence-corrected chi connectivity index (χ1v) is 12.4. The molecule has 3 aromatic carbocycles. The summed E-state index contributed by atoms with van der Waals surface area (Å²) in [5.74, 6) is 1.59. The molecule has 5 rings (SSSR count). The highest BCUT2D eigenvalue weighted by molar-refractivity contribution is 6.33. The minimum Gasteiger partial charge on any atom is -0.508 e. The van der Waals surface area contributed by atoms with Crippen molar-refractivity contribution in [3.8, 4) is 16.9 Å². The molecule has 1 aliphatic heterocycles. The number of hydrogen-bond acceptors (Lipinski definition) is 3. The lowest BCUT2D eigenvalue weighted by Crippen LogP contribution is -2.38. The van der Waals surface area contributed by atoms with Gasteiger partial charge in [0.15, 0.2) is 0 Å². The number of carbonyl (C=O) groups excluding carboxylic acids is 1. The van der Waals surface area contributed by atoms with Gasteiger partial charge in [-0.3, -0.25) is 4.79 Å².